The van der Waals surface area contributed by atoms with Crippen LogP contribution in [0.25, 0.3) is 0 Å². The summed E-state index contributed by atoms with van der Waals surface area (Å²) in [6, 6.07) is 0.478. The lowest BCUT2D eigenvalue weighted by atomic mass is 9.98. The smallest absolute Gasteiger partial charge is 0.0170 e. The van der Waals surface area contributed by atoms with Gasteiger partial charge >= 0.3 is 0 Å². The molecule has 9 heavy (non-hydrogen) atoms. The first-order valence-corrected chi connectivity index (χ1v) is 3.82. The van der Waals surface area contributed by atoms with E-state index in [2.05, 4.69) is 4.90 Å². The van der Waals surface area contributed by atoms with Gasteiger partial charge in [0, 0.05) is 19.1 Å². The Morgan fingerprint density at radius 3 is 3.00 bits per heavy atom. The Kier molecular flexibility index (Phi) is 1.24. The van der Waals surface area contributed by atoms with Crippen molar-refractivity contribution in [3.63, 3.8) is 0 Å². The van der Waals surface area contributed by atoms with Crippen LogP contribution in [0.1, 0.15) is 12.8 Å². The first kappa shape index (κ1) is 5.69. The molecule has 2 fully saturated rings. The topological polar surface area (TPSA) is 29.3 Å². The SMILES string of the molecule is N[C@H]1CC2CCN(C2)C1. The molecule has 0 aromatic carbocycles. The van der Waals surface area contributed by atoms with Crippen molar-refractivity contribution in [1.82, 2.24) is 4.90 Å². The van der Waals surface area contributed by atoms with Crippen LogP contribution in [0.3, 0.4) is 0 Å². The number of nitrogens with zero attached hydrogens (tertiary/aromatic N) is 1. The number of rotatable bonds is 0. The maximum atomic E-state index is 5.81. The van der Waals surface area contributed by atoms with E-state index in [0.29, 0.717) is 6.04 Å². The minimum Gasteiger partial charge on any atom is -0.327 e. The zero-order chi connectivity index (χ0) is 6.27. The Labute approximate surface area is 56.0 Å². The molecule has 52 valence electrons. The highest BCUT2D eigenvalue weighted by atomic mass is 15.2. The summed E-state index contributed by atoms with van der Waals surface area (Å²) in [5, 5.41) is 0. The molecule has 2 N–H and O–H groups in total. The summed E-state index contributed by atoms with van der Waals surface area (Å²) < 4.78 is 0. The first-order valence-electron chi connectivity index (χ1n) is 3.82. The van der Waals surface area contributed by atoms with Crippen molar-refractivity contribution in [2.24, 2.45) is 11.7 Å². The van der Waals surface area contributed by atoms with Crippen molar-refractivity contribution in [3.05, 3.63) is 0 Å². The highest BCUT2D eigenvalue weighted by Crippen LogP contribution is 2.25. The van der Waals surface area contributed by atoms with Gasteiger partial charge in [-0.3, -0.25) is 0 Å². The molecular formula is C7H14N2. The molecule has 2 bridgehead atoms. The minimum atomic E-state index is 0.478. The standard InChI is InChI=1S/C7H14N2/c8-7-3-6-1-2-9(4-6)5-7/h6-7H,1-5,8H2/t6?,7-/m0/s1. The predicted molar refractivity (Wildman–Crippen MR) is 37.1 cm³/mol. The van der Waals surface area contributed by atoms with Gasteiger partial charge in [0.1, 0.15) is 0 Å². The molecule has 2 aliphatic rings. The van der Waals surface area contributed by atoms with Gasteiger partial charge in [-0.25, -0.2) is 0 Å². The summed E-state index contributed by atoms with van der Waals surface area (Å²) in [6.45, 7) is 3.78. The van der Waals surface area contributed by atoms with E-state index >= 15 is 0 Å². The van der Waals surface area contributed by atoms with E-state index in [4.69, 9.17) is 5.73 Å². The lowest BCUT2D eigenvalue weighted by Crippen LogP contribution is -2.41. The molecule has 0 amide bonds. The number of fused-ring (bicyclic) bond motifs is 2. The molecule has 2 heteroatoms. The maximum Gasteiger partial charge on any atom is 0.0170 e. The second-order valence-corrected chi connectivity index (χ2v) is 3.41. The van der Waals surface area contributed by atoms with Gasteiger partial charge in [-0.1, -0.05) is 0 Å². The van der Waals surface area contributed by atoms with Crippen LogP contribution in [-0.4, -0.2) is 30.6 Å². The number of hydrogen-bond donors (Lipinski definition) is 1. The third-order valence-electron chi connectivity index (χ3n) is 2.50. The molecule has 2 saturated heterocycles. The number of piperidine rings is 1. The molecular weight excluding hydrogens is 112 g/mol. The van der Waals surface area contributed by atoms with E-state index in [1.54, 1.807) is 0 Å². The fourth-order valence-corrected chi connectivity index (χ4v) is 2.11. The lowest BCUT2D eigenvalue weighted by Gasteiger charge is -2.26. The van der Waals surface area contributed by atoms with Gasteiger partial charge in [0.2, 0.25) is 0 Å². The maximum absolute atomic E-state index is 5.81. The van der Waals surface area contributed by atoms with Crippen molar-refractivity contribution in [3.8, 4) is 0 Å². The molecule has 0 saturated carbocycles. The molecule has 0 radical (unpaired) electrons. The van der Waals surface area contributed by atoms with Crippen LogP contribution in [0.2, 0.25) is 0 Å². The largest absolute Gasteiger partial charge is 0.327 e. The zero-order valence-corrected chi connectivity index (χ0v) is 5.71. The van der Waals surface area contributed by atoms with Crippen LogP contribution >= 0.6 is 0 Å². The third-order valence-corrected chi connectivity index (χ3v) is 2.50. The first-order chi connectivity index (χ1) is 4.34. The highest BCUT2D eigenvalue weighted by molar-refractivity contribution is 4.86. The fraction of sp³-hybridized carbons (Fsp3) is 1.00. The Balaban J connectivity index is 2.03. The van der Waals surface area contributed by atoms with Crippen molar-refractivity contribution in [2.75, 3.05) is 19.6 Å². The molecule has 2 aliphatic heterocycles. The van der Waals surface area contributed by atoms with Gasteiger partial charge in [-0.05, 0) is 25.3 Å². The fourth-order valence-electron chi connectivity index (χ4n) is 2.11. The molecule has 2 nitrogen and oxygen atoms in total. The van der Waals surface area contributed by atoms with Gasteiger partial charge in [0.15, 0.2) is 0 Å². The van der Waals surface area contributed by atoms with Gasteiger partial charge in [0.05, 0.1) is 0 Å². The summed E-state index contributed by atoms with van der Waals surface area (Å²) in [5.74, 6) is 0.939. The zero-order valence-electron chi connectivity index (χ0n) is 5.71. The van der Waals surface area contributed by atoms with Crippen LogP contribution < -0.4 is 5.73 Å². The van der Waals surface area contributed by atoms with E-state index in [1.165, 1.54) is 25.9 Å². The predicted octanol–water partition coefficient (Wildman–Crippen LogP) is 0.0393. The van der Waals surface area contributed by atoms with Crippen LogP contribution in [0, 0.1) is 5.92 Å². The molecule has 0 aromatic rings. The van der Waals surface area contributed by atoms with Gasteiger partial charge in [0.25, 0.3) is 0 Å². The number of hydrogen-bond acceptors (Lipinski definition) is 2. The summed E-state index contributed by atoms with van der Waals surface area (Å²) in [7, 11) is 0. The van der Waals surface area contributed by atoms with E-state index in [-0.39, 0.29) is 0 Å². The van der Waals surface area contributed by atoms with Crippen molar-refractivity contribution >= 4 is 0 Å². The van der Waals surface area contributed by atoms with E-state index in [1.807, 2.05) is 0 Å². The summed E-state index contributed by atoms with van der Waals surface area (Å²) in [4.78, 5) is 2.48. The minimum absolute atomic E-state index is 0.478. The van der Waals surface area contributed by atoms with E-state index in [0.717, 1.165) is 12.5 Å². The Bertz CT molecular complexity index is 101. The van der Waals surface area contributed by atoms with E-state index in [9.17, 15) is 0 Å². The van der Waals surface area contributed by atoms with Crippen LogP contribution in [0.4, 0.5) is 0 Å². The van der Waals surface area contributed by atoms with Crippen molar-refractivity contribution in [1.29, 1.82) is 0 Å². The summed E-state index contributed by atoms with van der Waals surface area (Å²) >= 11 is 0. The Morgan fingerprint density at radius 1 is 1.33 bits per heavy atom. The van der Waals surface area contributed by atoms with Crippen LogP contribution in [-0.2, 0) is 0 Å². The molecule has 3 atom stereocenters. The lowest BCUT2D eigenvalue weighted by molar-refractivity contribution is 0.244. The normalized spacial score (nSPS) is 49.7. The Hall–Kier alpha value is -0.0800. The summed E-state index contributed by atoms with van der Waals surface area (Å²) in [6.07, 6.45) is 2.67. The van der Waals surface area contributed by atoms with Crippen molar-refractivity contribution in [2.45, 2.75) is 18.9 Å². The third kappa shape index (κ3) is 0.970. The average Bonchev–Trinajstić information content (AvgIpc) is 2.11. The van der Waals surface area contributed by atoms with Crippen LogP contribution in [0.5, 0.6) is 0 Å². The molecule has 2 unspecified atom stereocenters. The Morgan fingerprint density at radius 2 is 2.22 bits per heavy atom. The van der Waals surface area contributed by atoms with Gasteiger partial charge < -0.3 is 10.6 Å². The van der Waals surface area contributed by atoms with Crippen LogP contribution in [0.15, 0.2) is 0 Å². The molecule has 0 aromatic heterocycles. The monoisotopic (exact) mass is 126 g/mol. The van der Waals surface area contributed by atoms with Gasteiger partial charge in [-0.15, -0.1) is 0 Å². The van der Waals surface area contributed by atoms with E-state index < -0.39 is 0 Å². The average molecular weight is 126 g/mol. The number of nitrogens with two attached hydrogens (primary N) is 1. The molecule has 0 aliphatic carbocycles. The molecule has 0 spiro atoms. The van der Waals surface area contributed by atoms with Gasteiger partial charge in [-0.2, -0.15) is 0 Å². The van der Waals surface area contributed by atoms with Crippen molar-refractivity contribution < 1.29 is 0 Å². The quantitative estimate of drug-likeness (QED) is 0.496. The second kappa shape index (κ2) is 1.96. The highest BCUT2D eigenvalue weighted by Gasteiger charge is 2.29. The second-order valence-electron chi connectivity index (χ2n) is 3.41. The summed E-state index contributed by atoms with van der Waals surface area (Å²) in [5.41, 5.74) is 5.81. The molecule has 2 heterocycles. The molecule has 2 rings (SSSR count).